The van der Waals surface area contributed by atoms with Crippen LogP contribution in [-0.2, 0) is 16.1 Å². The molecule has 0 aliphatic rings. The number of carbonyl (C=O) groups excluding carboxylic acids is 3. The molecule has 10 nitrogen and oxygen atoms in total. The summed E-state index contributed by atoms with van der Waals surface area (Å²) in [7, 11) is 1.49. The molecule has 3 amide bonds. The fourth-order valence-electron chi connectivity index (χ4n) is 2.93. The maximum Gasteiger partial charge on any atom is 0.273 e. The van der Waals surface area contributed by atoms with Crippen LogP contribution < -0.4 is 21.6 Å². The summed E-state index contributed by atoms with van der Waals surface area (Å²) < 4.78 is 1.79. The number of carbonyl (C=O) groups is 3. The van der Waals surface area contributed by atoms with Crippen LogP contribution in [0.15, 0.2) is 17.1 Å². The lowest BCUT2D eigenvalue weighted by molar-refractivity contribution is -0.129. The number of hydrogen-bond donors (Lipinski definition) is 4. The first-order valence-corrected chi connectivity index (χ1v) is 9.28. The Balaban J connectivity index is 2.39. The first-order valence-electron chi connectivity index (χ1n) is 9.28. The van der Waals surface area contributed by atoms with Gasteiger partial charge in [0.1, 0.15) is 0 Å². The average Bonchev–Trinajstić information content (AvgIpc) is 2.71. The summed E-state index contributed by atoms with van der Waals surface area (Å²) in [5.74, 6) is -0.864. The molecule has 0 saturated heterocycles. The van der Waals surface area contributed by atoms with Gasteiger partial charge in [-0.25, -0.2) is 10.5 Å². The molecule has 0 saturated carbocycles. The minimum atomic E-state index is -0.436. The number of aromatic nitrogens is 2. The van der Waals surface area contributed by atoms with Crippen LogP contribution in [-0.4, -0.2) is 53.1 Å². The normalized spacial score (nSPS) is 11.5. The number of rotatable bonds is 9. The number of nitrogens with one attached hydrogen (secondary N) is 3. The molecule has 1 heterocycles. The lowest BCUT2D eigenvalue weighted by Crippen LogP contribution is -2.36. The first kappa shape index (κ1) is 22.2. The van der Waals surface area contributed by atoms with E-state index in [0.717, 1.165) is 16.6 Å². The van der Waals surface area contributed by atoms with E-state index in [2.05, 4.69) is 20.6 Å². The van der Waals surface area contributed by atoms with Crippen molar-refractivity contribution in [3.05, 3.63) is 34.4 Å². The zero-order valence-electron chi connectivity index (χ0n) is 16.8. The van der Waals surface area contributed by atoms with E-state index in [4.69, 9.17) is 5.21 Å². The van der Waals surface area contributed by atoms with Gasteiger partial charge in [0.15, 0.2) is 11.2 Å². The molecule has 1 aromatic heterocycles. The van der Waals surface area contributed by atoms with Gasteiger partial charge in [-0.1, -0.05) is 0 Å². The van der Waals surface area contributed by atoms with Crippen molar-refractivity contribution in [1.29, 1.82) is 0 Å². The Hall–Kier alpha value is -3.11. The van der Waals surface area contributed by atoms with Crippen LogP contribution >= 0.6 is 0 Å². The number of hydrogen-bond acceptors (Lipinski definition) is 6. The van der Waals surface area contributed by atoms with Crippen molar-refractivity contribution in [2.24, 2.45) is 4.99 Å². The van der Waals surface area contributed by atoms with Gasteiger partial charge in [0, 0.05) is 26.6 Å². The highest BCUT2D eigenvalue weighted by molar-refractivity contribution is 5.93. The summed E-state index contributed by atoms with van der Waals surface area (Å²) in [5.41, 5.74) is 5.36. The van der Waals surface area contributed by atoms with E-state index in [1.807, 2.05) is 26.0 Å². The van der Waals surface area contributed by atoms with Gasteiger partial charge in [0.05, 0.1) is 11.0 Å². The first-order chi connectivity index (χ1) is 13.9. The van der Waals surface area contributed by atoms with Gasteiger partial charge < -0.3 is 15.2 Å². The van der Waals surface area contributed by atoms with Crippen molar-refractivity contribution in [1.82, 2.24) is 25.7 Å². The standard InChI is InChI=1S/C19H26N6O4/c1-12-9-14-15(10-13(12)2)25(8-7-21-6-4-5-16(27)24-29)18(22-11-26)17(23-14)19(28)20-3/h9-11,21,29H,4-8H2,1-3H3,(H,20,28)(H,24,27). The molecule has 0 bridgehead atoms. The summed E-state index contributed by atoms with van der Waals surface area (Å²) >= 11 is 0. The summed E-state index contributed by atoms with van der Waals surface area (Å²) in [6.07, 6.45) is 1.16. The summed E-state index contributed by atoms with van der Waals surface area (Å²) in [4.78, 5) is 42.8. The van der Waals surface area contributed by atoms with Gasteiger partial charge in [-0.15, -0.1) is 0 Å². The number of fused-ring (bicyclic) bond motifs is 1. The molecule has 0 aliphatic heterocycles. The van der Waals surface area contributed by atoms with Gasteiger partial charge in [-0.3, -0.25) is 19.6 Å². The van der Waals surface area contributed by atoms with Gasteiger partial charge in [0.2, 0.25) is 12.3 Å². The molecule has 2 rings (SSSR count). The van der Waals surface area contributed by atoms with Crippen LogP contribution in [0.5, 0.6) is 0 Å². The Labute approximate surface area is 168 Å². The van der Waals surface area contributed by atoms with Crippen molar-refractivity contribution in [3.63, 3.8) is 0 Å². The van der Waals surface area contributed by atoms with Crippen molar-refractivity contribution in [2.45, 2.75) is 33.2 Å². The summed E-state index contributed by atoms with van der Waals surface area (Å²) in [5, 5.41) is 14.2. The van der Waals surface area contributed by atoms with Gasteiger partial charge in [-0.05, 0) is 50.1 Å². The molecule has 156 valence electrons. The summed E-state index contributed by atoms with van der Waals surface area (Å²) in [6, 6.07) is 3.86. The highest BCUT2D eigenvalue weighted by Crippen LogP contribution is 2.17. The third kappa shape index (κ3) is 5.46. The zero-order valence-corrected chi connectivity index (χ0v) is 16.8. The van der Waals surface area contributed by atoms with Crippen LogP contribution in [0.25, 0.3) is 11.0 Å². The minimum Gasteiger partial charge on any atom is -0.354 e. The van der Waals surface area contributed by atoms with Crippen LogP contribution in [0.2, 0.25) is 0 Å². The molecule has 29 heavy (non-hydrogen) atoms. The Kier molecular flexibility index (Phi) is 7.98. The van der Waals surface area contributed by atoms with E-state index >= 15 is 0 Å². The molecule has 0 atom stereocenters. The SMILES string of the molecule is CNC(=O)c1nc2cc(C)c(C)cc2n(CCNCCCC(=O)NO)c1=NC=O. The second kappa shape index (κ2) is 10.4. The quantitative estimate of drug-likeness (QED) is 0.201. The molecule has 0 fully saturated rings. The topological polar surface area (TPSA) is 138 Å². The van der Waals surface area contributed by atoms with E-state index in [-0.39, 0.29) is 17.6 Å². The lowest BCUT2D eigenvalue weighted by atomic mass is 10.1. The van der Waals surface area contributed by atoms with E-state index in [1.54, 1.807) is 10.0 Å². The highest BCUT2D eigenvalue weighted by atomic mass is 16.5. The zero-order chi connectivity index (χ0) is 21.4. The second-order valence-electron chi connectivity index (χ2n) is 6.56. The fraction of sp³-hybridized carbons (Fsp3) is 0.421. The third-order valence-electron chi connectivity index (χ3n) is 4.59. The molecule has 0 aliphatic carbocycles. The van der Waals surface area contributed by atoms with Gasteiger partial charge >= 0.3 is 0 Å². The predicted octanol–water partition coefficient (Wildman–Crippen LogP) is -0.0550. The minimum absolute atomic E-state index is 0.0787. The summed E-state index contributed by atoms with van der Waals surface area (Å²) in [6.45, 7) is 5.47. The number of amides is 3. The third-order valence-corrected chi connectivity index (χ3v) is 4.59. The van der Waals surface area contributed by atoms with Crippen LogP contribution in [0.1, 0.15) is 34.5 Å². The van der Waals surface area contributed by atoms with E-state index < -0.39 is 11.8 Å². The van der Waals surface area contributed by atoms with Crippen LogP contribution in [0.4, 0.5) is 0 Å². The Morgan fingerprint density at radius 2 is 1.97 bits per heavy atom. The van der Waals surface area contributed by atoms with Gasteiger partial charge in [-0.2, -0.15) is 4.99 Å². The van der Waals surface area contributed by atoms with E-state index in [0.29, 0.717) is 38.0 Å². The van der Waals surface area contributed by atoms with Crippen LogP contribution in [0, 0.1) is 13.8 Å². The molecule has 1 aromatic carbocycles. The number of nitrogens with zero attached hydrogens (tertiary/aromatic N) is 3. The lowest BCUT2D eigenvalue weighted by Gasteiger charge is -2.16. The van der Waals surface area contributed by atoms with Crippen molar-refractivity contribution in [3.8, 4) is 0 Å². The number of hydroxylamine groups is 1. The molecular weight excluding hydrogens is 376 g/mol. The van der Waals surface area contributed by atoms with Crippen molar-refractivity contribution < 1.29 is 19.6 Å². The molecule has 4 N–H and O–H groups in total. The molecule has 10 heteroatoms. The maximum atomic E-state index is 12.3. The van der Waals surface area contributed by atoms with Gasteiger partial charge in [0.25, 0.3) is 5.91 Å². The average molecular weight is 402 g/mol. The second-order valence-corrected chi connectivity index (χ2v) is 6.56. The smallest absolute Gasteiger partial charge is 0.273 e. The monoisotopic (exact) mass is 402 g/mol. The Morgan fingerprint density at radius 1 is 1.24 bits per heavy atom. The van der Waals surface area contributed by atoms with E-state index in [9.17, 15) is 14.4 Å². The Morgan fingerprint density at radius 3 is 2.62 bits per heavy atom. The fourth-order valence-corrected chi connectivity index (χ4v) is 2.93. The van der Waals surface area contributed by atoms with Crippen LogP contribution in [0.3, 0.4) is 0 Å². The maximum absolute atomic E-state index is 12.3. The largest absolute Gasteiger partial charge is 0.354 e. The molecule has 2 aromatic rings. The van der Waals surface area contributed by atoms with Crippen molar-refractivity contribution >= 4 is 29.3 Å². The van der Waals surface area contributed by atoms with Crippen molar-refractivity contribution in [2.75, 3.05) is 20.1 Å². The molecule has 0 unspecified atom stereocenters. The number of benzene rings is 1. The molecular formula is C19H26N6O4. The van der Waals surface area contributed by atoms with E-state index in [1.165, 1.54) is 7.05 Å². The highest BCUT2D eigenvalue weighted by Gasteiger charge is 2.16. The Bertz CT molecular complexity index is 983. The molecule has 0 spiro atoms. The number of aryl methyl sites for hydroxylation is 2. The predicted molar refractivity (Wildman–Crippen MR) is 106 cm³/mol. The molecule has 0 radical (unpaired) electrons.